The van der Waals surface area contributed by atoms with E-state index in [4.69, 9.17) is 5.73 Å². The highest BCUT2D eigenvalue weighted by Crippen LogP contribution is 2.38. The first-order chi connectivity index (χ1) is 9.22. The van der Waals surface area contributed by atoms with Crippen molar-refractivity contribution in [2.24, 2.45) is 5.73 Å². The minimum Gasteiger partial charge on any atom is -0.326 e. The molecule has 2 unspecified atom stereocenters. The molecular formula is C16H20N2S. The molecule has 19 heavy (non-hydrogen) atoms. The van der Waals surface area contributed by atoms with Crippen molar-refractivity contribution in [3.63, 3.8) is 0 Å². The lowest BCUT2D eigenvalue weighted by molar-refractivity contribution is 0.624. The highest BCUT2D eigenvalue weighted by molar-refractivity contribution is 7.99. The summed E-state index contributed by atoms with van der Waals surface area (Å²) >= 11 is 1.81. The Morgan fingerprint density at radius 2 is 1.89 bits per heavy atom. The van der Waals surface area contributed by atoms with E-state index in [1.807, 2.05) is 30.1 Å². The average Bonchev–Trinajstić information content (AvgIpc) is 2.46. The van der Waals surface area contributed by atoms with Gasteiger partial charge >= 0.3 is 0 Å². The summed E-state index contributed by atoms with van der Waals surface area (Å²) in [4.78, 5) is 5.75. The van der Waals surface area contributed by atoms with E-state index in [1.54, 1.807) is 0 Å². The maximum absolute atomic E-state index is 6.29. The molecule has 0 saturated carbocycles. The van der Waals surface area contributed by atoms with E-state index >= 15 is 0 Å². The lowest BCUT2D eigenvalue weighted by Gasteiger charge is -2.22. The Morgan fingerprint density at radius 3 is 2.53 bits per heavy atom. The summed E-state index contributed by atoms with van der Waals surface area (Å²) in [6, 6.07) is 14.6. The van der Waals surface area contributed by atoms with Crippen molar-refractivity contribution in [3.05, 3.63) is 59.9 Å². The summed E-state index contributed by atoms with van der Waals surface area (Å²) in [6.45, 7) is 4.26. The van der Waals surface area contributed by atoms with Crippen LogP contribution in [0.25, 0.3) is 0 Å². The van der Waals surface area contributed by atoms with Gasteiger partial charge in [-0.15, -0.1) is 11.8 Å². The number of hydrogen-bond donors (Lipinski definition) is 1. The molecule has 2 rings (SSSR count). The van der Waals surface area contributed by atoms with E-state index < -0.39 is 0 Å². The van der Waals surface area contributed by atoms with Gasteiger partial charge in [0.15, 0.2) is 0 Å². The fourth-order valence-electron chi connectivity index (χ4n) is 1.95. The number of aromatic nitrogens is 1. The molecule has 0 saturated heterocycles. The standard InChI is InChI=1S/C16H20N2S/c1-3-13(17)16(14-9-6-7-11-18-14)19-15-10-5-4-8-12(15)2/h4-11,13,16H,3,17H2,1-2H3. The zero-order valence-electron chi connectivity index (χ0n) is 11.4. The molecule has 0 bridgehead atoms. The van der Waals surface area contributed by atoms with Gasteiger partial charge in [-0.25, -0.2) is 0 Å². The van der Waals surface area contributed by atoms with Gasteiger partial charge < -0.3 is 5.73 Å². The highest BCUT2D eigenvalue weighted by Gasteiger charge is 2.21. The molecule has 0 aliphatic heterocycles. The Labute approximate surface area is 119 Å². The molecule has 0 spiro atoms. The summed E-state index contributed by atoms with van der Waals surface area (Å²) in [7, 11) is 0. The molecule has 0 radical (unpaired) electrons. The second-order valence-corrected chi connectivity index (χ2v) is 5.81. The Hall–Kier alpha value is -1.32. The van der Waals surface area contributed by atoms with Crippen molar-refractivity contribution < 1.29 is 0 Å². The van der Waals surface area contributed by atoms with E-state index in [9.17, 15) is 0 Å². The molecule has 0 amide bonds. The van der Waals surface area contributed by atoms with E-state index in [0.717, 1.165) is 12.1 Å². The molecule has 0 fully saturated rings. The van der Waals surface area contributed by atoms with E-state index in [-0.39, 0.29) is 11.3 Å². The van der Waals surface area contributed by atoms with E-state index in [1.165, 1.54) is 10.5 Å². The fraction of sp³-hybridized carbons (Fsp3) is 0.312. The molecule has 2 aromatic rings. The van der Waals surface area contributed by atoms with Crippen LogP contribution in [0, 0.1) is 6.92 Å². The first kappa shape index (κ1) is 14.1. The van der Waals surface area contributed by atoms with Crippen LogP contribution in [-0.4, -0.2) is 11.0 Å². The molecule has 1 aromatic carbocycles. The quantitative estimate of drug-likeness (QED) is 0.837. The van der Waals surface area contributed by atoms with Gasteiger partial charge in [-0.05, 0) is 37.1 Å². The van der Waals surface area contributed by atoms with Gasteiger partial charge in [0, 0.05) is 17.1 Å². The van der Waals surface area contributed by atoms with Gasteiger partial charge in [0.05, 0.1) is 10.9 Å². The number of nitrogens with zero attached hydrogens (tertiary/aromatic N) is 1. The van der Waals surface area contributed by atoms with Gasteiger partial charge in [-0.1, -0.05) is 31.2 Å². The number of benzene rings is 1. The second kappa shape index (κ2) is 6.73. The maximum atomic E-state index is 6.29. The van der Waals surface area contributed by atoms with Crippen LogP contribution in [0.15, 0.2) is 53.6 Å². The molecular weight excluding hydrogens is 252 g/mol. The van der Waals surface area contributed by atoms with Crippen molar-refractivity contribution in [3.8, 4) is 0 Å². The van der Waals surface area contributed by atoms with E-state index in [2.05, 4.69) is 49.2 Å². The normalized spacial score (nSPS) is 14.1. The first-order valence-corrected chi connectivity index (χ1v) is 7.49. The zero-order chi connectivity index (χ0) is 13.7. The number of aryl methyl sites for hydroxylation is 1. The molecule has 1 heterocycles. The minimum absolute atomic E-state index is 0.111. The second-order valence-electron chi connectivity index (χ2n) is 4.63. The van der Waals surface area contributed by atoms with Crippen LogP contribution in [-0.2, 0) is 0 Å². The summed E-state index contributed by atoms with van der Waals surface area (Å²) in [6.07, 6.45) is 2.78. The van der Waals surface area contributed by atoms with Crippen molar-refractivity contribution in [1.29, 1.82) is 0 Å². The highest BCUT2D eigenvalue weighted by atomic mass is 32.2. The number of hydrogen-bond acceptors (Lipinski definition) is 3. The van der Waals surface area contributed by atoms with Crippen LogP contribution in [0.1, 0.15) is 29.9 Å². The van der Waals surface area contributed by atoms with Crippen molar-refractivity contribution in [1.82, 2.24) is 4.98 Å². The molecule has 2 atom stereocenters. The Kier molecular flexibility index (Phi) is 5.00. The summed E-state index contributed by atoms with van der Waals surface area (Å²) in [5.74, 6) is 0. The number of nitrogens with two attached hydrogens (primary N) is 1. The Morgan fingerprint density at radius 1 is 1.16 bits per heavy atom. The van der Waals surface area contributed by atoms with Gasteiger partial charge in [0.25, 0.3) is 0 Å². The predicted molar refractivity (Wildman–Crippen MR) is 82.3 cm³/mol. The van der Waals surface area contributed by atoms with Crippen LogP contribution in [0.3, 0.4) is 0 Å². The van der Waals surface area contributed by atoms with Gasteiger partial charge in [-0.3, -0.25) is 4.98 Å². The third kappa shape index (κ3) is 3.58. The summed E-state index contributed by atoms with van der Waals surface area (Å²) < 4.78 is 0. The van der Waals surface area contributed by atoms with Crippen LogP contribution < -0.4 is 5.73 Å². The predicted octanol–water partition coefficient (Wildman–Crippen LogP) is 3.96. The SMILES string of the molecule is CCC(N)C(Sc1ccccc1C)c1ccccn1. The Balaban J connectivity index is 2.27. The van der Waals surface area contributed by atoms with Gasteiger partial charge in [-0.2, -0.15) is 0 Å². The first-order valence-electron chi connectivity index (χ1n) is 6.61. The van der Waals surface area contributed by atoms with Gasteiger partial charge in [0.1, 0.15) is 0 Å². The summed E-state index contributed by atoms with van der Waals surface area (Å²) in [5, 5.41) is 0.201. The third-order valence-electron chi connectivity index (χ3n) is 3.19. The lowest BCUT2D eigenvalue weighted by Crippen LogP contribution is -2.26. The average molecular weight is 272 g/mol. The Bertz CT molecular complexity index is 513. The lowest BCUT2D eigenvalue weighted by atomic mass is 10.1. The summed E-state index contributed by atoms with van der Waals surface area (Å²) in [5.41, 5.74) is 8.64. The zero-order valence-corrected chi connectivity index (χ0v) is 12.2. The van der Waals surface area contributed by atoms with Crippen LogP contribution in [0.4, 0.5) is 0 Å². The molecule has 0 aliphatic rings. The van der Waals surface area contributed by atoms with Gasteiger partial charge in [0.2, 0.25) is 0 Å². The van der Waals surface area contributed by atoms with Crippen molar-refractivity contribution >= 4 is 11.8 Å². The fourth-order valence-corrected chi connectivity index (χ4v) is 3.26. The van der Waals surface area contributed by atoms with Crippen LogP contribution >= 0.6 is 11.8 Å². The van der Waals surface area contributed by atoms with E-state index in [0.29, 0.717) is 0 Å². The monoisotopic (exact) mass is 272 g/mol. The molecule has 3 heteroatoms. The molecule has 100 valence electrons. The minimum atomic E-state index is 0.111. The molecule has 1 aromatic heterocycles. The maximum Gasteiger partial charge on any atom is 0.0668 e. The number of thioether (sulfide) groups is 1. The molecule has 2 N–H and O–H groups in total. The van der Waals surface area contributed by atoms with Crippen LogP contribution in [0.2, 0.25) is 0 Å². The van der Waals surface area contributed by atoms with Crippen LogP contribution in [0.5, 0.6) is 0 Å². The molecule has 0 aliphatic carbocycles. The topological polar surface area (TPSA) is 38.9 Å². The number of rotatable bonds is 5. The van der Waals surface area contributed by atoms with Crippen molar-refractivity contribution in [2.45, 2.75) is 36.5 Å². The number of pyridine rings is 1. The van der Waals surface area contributed by atoms with Crippen molar-refractivity contribution in [2.75, 3.05) is 0 Å². The third-order valence-corrected chi connectivity index (χ3v) is 4.74. The smallest absolute Gasteiger partial charge is 0.0668 e. The molecule has 2 nitrogen and oxygen atoms in total. The largest absolute Gasteiger partial charge is 0.326 e.